The number of para-hydroxylation sites is 1. The Balaban J connectivity index is 1.72. The Morgan fingerprint density at radius 2 is 1.82 bits per heavy atom. The summed E-state index contributed by atoms with van der Waals surface area (Å²) in [6, 6.07) is 14.3. The first-order valence-corrected chi connectivity index (χ1v) is 9.77. The number of methoxy groups -OCH3 is 2. The summed E-state index contributed by atoms with van der Waals surface area (Å²) in [7, 11) is 3.24. The molecule has 3 aromatic rings. The van der Waals surface area contributed by atoms with Crippen LogP contribution in [0.2, 0.25) is 0 Å². The molecule has 0 bridgehead atoms. The molecule has 28 heavy (non-hydrogen) atoms. The van der Waals surface area contributed by atoms with Gasteiger partial charge in [0.25, 0.3) is 0 Å². The Labute approximate surface area is 170 Å². The van der Waals surface area contributed by atoms with Crippen LogP contribution in [0.25, 0.3) is 10.9 Å². The molecule has 2 aromatic carbocycles. The van der Waals surface area contributed by atoms with Gasteiger partial charge >= 0.3 is 0 Å². The third-order valence-corrected chi connectivity index (χ3v) is 4.83. The number of benzene rings is 2. The van der Waals surface area contributed by atoms with Crippen molar-refractivity contribution in [2.75, 3.05) is 44.1 Å². The summed E-state index contributed by atoms with van der Waals surface area (Å²) >= 11 is 5.28. The van der Waals surface area contributed by atoms with E-state index in [1.54, 1.807) is 14.2 Å². The van der Waals surface area contributed by atoms with Gasteiger partial charge in [0.2, 0.25) is 0 Å². The number of anilines is 2. The molecular formula is C21H26N4O2S. The maximum absolute atomic E-state index is 5.42. The van der Waals surface area contributed by atoms with Crippen molar-refractivity contribution in [3.63, 3.8) is 0 Å². The number of fused-ring (bicyclic) bond motifs is 1. The molecule has 148 valence electrons. The molecule has 0 saturated carbocycles. The normalized spacial score (nSPS) is 10.7. The maximum Gasteiger partial charge on any atom is 0.199 e. The zero-order valence-corrected chi connectivity index (χ0v) is 17.3. The van der Waals surface area contributed by atoms with Gasteiger partial charge in [0.1, 0.15) is 5.82 Å². The first-order chi connectivity index (χ1) is 13.7. The summed E-state index contributed by atoms with van der Waals surface area (Å²) in [5.74, 6) is 2.06. The van der Waals surface area contributed by atoms with E-state index in [4.69, 9.17) is 21.7 Å². The number of ether oxygens (including phenoxy) is 2. The van der Waals surface area contributed by atoms with E-state index in [-0.39, 0.29) is 0 Å². The van der Waals surface area contributed by atoms with Crippen molar-refractivity contribution in [3.8, 4) is 11.5 Å². The molecule has 0 fully saturated rings. The molecule has 1 aromatic heterocycles. The fraction of sp³-hybridized carbons (Fsp3) is 0.333. The van der Waals surface area contributed by atoms with E-state index in [0.717, 1.165) is 42.8 Å². The Bertz CT molecular complexity index is 975. The molecule has 0 aliphatic rings. The van der Waals surface area contributed by atoms with Gasteiger partial charge in [0.05, 0.1) is 19.7 Å². The van der Waals surface area contributed by atoms with Crippen LogP contribution in [-0.4, -0.2) is 43.8 Å². The van der Waals surface area contributed by atoms with Crippen molar-refractivity contribution >= 4 is 34.6 Å². The minimum atomic E-state index is 0.432. The van der Waals surface area contributed by atoms with Crippen molar-refractivity contribution < 1.29 is 9.47 Å². The second-order valence-electron chi connectivity index (χ2n) is 6.34. The summed E-state index contributed by atoms with van der Waals surface area (Å²) < 4.78 is 11.2. The summed E-state index contributed by atoms with van der Waals surface area (Å²) in [5.41, 5.74) is 2.10. The molecule has 0 aliphatic carbocycles. The maximum atomic E-state index is 5.42. The molecule has 0 spiro atoms. The smallest absolute Gasteiger partial charge is 0.199 e. The molecule has 0 amide bonds. The minimum absolute atomic E-state index is 0.432. The number of H-pyrrole nitrogens is 1. The quantitative estimate of drug-likeness (QED) is 0.404. The van der Waals surface area contributed by atoms with Crippen LogP contribution >= 0.6 is 12.2 Å². The number of aromatic nitrogens is 2. The lowest BCUT2D eigenvalue weighted by Crippen LogP contribution is -2.25. The zero-order valence-electron chi connectivity index (χ0n) is 16.5. The van der Waals surface area contributed by atoms with Gasteiger partial charge in [-0.1, -0.05) is 18.2 Å². The van der Waals surface area contributed by atoms with Crippen molar-refractivity contribution in [1.82, 2.24) is 9.97 Å². The van der Waals surface area contributed by atoms with Crippen LogP contribution in [-0.2, 0) is 0 Å². The highest BCUT2D eigenvalue weighted by Gasteiger charge is 2.11. The lowest BCUT2D eigenvalue weighted by Gasteiger charge is -2.23. The third-order valence-electron chi connectivity index (χ3n) is 4.63. The highest BCUT2D eigenvalue weighted by molar-refractivity contribution is 7.71. The molecule has 0 unspecified atom stereocenters. The van der Waals surface area contributed by atoms with E-state index in [2.05, 4.69) is 51.4 Å². The number of nitrogens with zero attached hydrogens (tertiary/aromatic N) is 2. The van der Waals surface area contributed by atoms with Crippen LogP contribution in [0.1, 0.15) is 13.3 Å². The number of rotatable bonds is 9. The highest BCUT2D eigenvalue weighted by atomic mass is 32.1. The van der Waals surface area contributed by atoms with Crippen LogP contribution in [0, 0.1) is 4.77 Å². The third kappa shape index (κ3) is 4.54. The van der Waals surface area contributed by atoms with Gasteiger partial charge in [0.15, 0.2) is 16.3 Å². The van der Waals surface area contributed by atoms with Crippen LogP contribution in [0.4, 0.5) is 11.5 Å². The average Bonchev–Trinajstić information content (AvgIpc) is 2.73. The van der Waals surface area contributed by atoms with Crippen molar-refractivity contribution in [2.45, 2.75) is 13.3 Å². The summed E-state index contributed by atoms with van der Waals surface area (Å²) in [5, 5.41) is 4.35. The summed E-state index contributed by atoms with van der Waals surface area (Å²) in [4.78, 5) is 9.94. The molecule has 2 N–H and O–H groups in total. The highest BCUT2D eigenvalue weighted by Crippen LogP contribution is 2.33. The van der Waals surface area contributed by atoms with Crippen molar-refractivity contribution in [1.29, 1.82) is 0 Å². The summed E-state index contributed by atoms with van der Waals surface area (Å²) in [6.07, 6.45) is 0.977. The van der Waals surface area contributed by atoms with Gasteiger partial charge in [-0.15, -0.1) is 0 Å². The molecule has 0 aliphatic heterocycles. The molecule has 0 atom stereocenters. The molecule has 6 nitrogen and oxygen atoms in total. The summed E-state index contributed by atoms with van der Waals surface area (Å²) in [6.45, 7) is 4.89. The van der Waals surface area contributed by atoms with Crippen molar-refractivity contribution in [2.24, 2.45) is 0 Å². The molecule has 7 heteroatoms. The first-order valence-electron chi connectivity index (χ1n) is 9.36. The van der Waals surface area contributed by atoms with E-state index in [1.165, 1.54) is 5.69 Å². The van der Waals surface area contributed by atoms with Gasteiger partial charge in [-0.25, -0.2) is 4.98 Å². The second-order valence-corrected chi connectivity index (χ2v) is 6.73. The van der Waals surface area contributed by atoms with E-state index in [9.17, 15) is 0 Å². The number of aromatic amines is 1. The fourth-order valence-corrected chi connectivity index (χ4v) is 3.40. The average molecular weight is 399 g/mol. The monoisotopic (exact) mass is 398 g/mol. The molecule has 0 saturated heterocycles. The number of nitrogens with one attached hydrogen (secondary N) is 2. The van der Waals surface area contributed by atoms with Crippen LogP contribution in [0.5, 0.6) is 11.5 Å². The number of hydrogen-bond acceptors (Lipinski definition) is 6. The van der Waals surface area contributed by atoms with E-state index in [0.29, 0.717) is 16.3 Å². The van der Waals surface area contributed by atoms with Gasteiger partial charge in [-0.2, -0.15) is 0 Å². The Morgan fingerprint density at radius 3 is 2.50 bits per heavy atom. The molecule has 0 radical (unpaired) electrons. The van der Waals surface area contributed by atoms with E-state index < -0.39 is 0 Å². The van der Waals surface area contributed by atoms with Gasteiger partial charge in [-0.3, -0.25) is 0 Å². The van der Waals surface area contributed by atoms with Crippen LogP contribution in [0.15, 0.2) is 42.5 Å². The first kappa shape index (κ1) is 19.9. The van der Waals surface area contributed by atoms with Gasteiger partial charge in [0, 0.05) is 36.8 Å². The topological polar surface area (TPSA) is 62.4 Å². The SMILES string of the molecule is CCN(CCCNc1nc(=S)[nH]c2cc(OC)c(OC)cc12)c1ccccc1. The molecule has 1 heterocycles. The van der Waals surface area contributed by atoms with Crippen LogP contribution < -0.4 is 19.7 Å². The molecular weight excluding hydrogens is 372 g/mol. The zero-order chi connectivity index (χ0) is 19.9. The number of hydrogen-bond donors (Lipinski definition) is 2. The predicted octanol–water partition coefficient (Wildman–Crippen LogP) is 4.64. The van der Waals surface area contributed by atoms with E-state index in [1.807, 2.05) is 18.2 Å². The van der Waals surface area contributed by atoms with Crippen LogP contribution in [0.3, 0.4) is 0 Å². The minimum Gasteiger partial charge on any atom is -0.493 e. The standard InChI is InChI=1S/C21H26N4O2S/c1-4-25(15-9-6-5-7-10-15)12-8-11-22-20-16-13-18(26-2)19(27-3)14-17(16)23-21(28)24-20/h5-7,9-10,13-14H,4,8,11-12H2,1-3H3,(H2,22,23,24,28). The largest absolute Gasteiger partial charge is 0.493 e. The Morgan fingerprint density at radius 1 is 1.11 bits per heavy atom. The Hall–Kier alpha value is -2.80. The lowest BCUT2D eigenvalue weighted by molar-refractivity contribution is 0.356. The molecule has 3 rings (SSSR count). The van der Waals surface area contributed by atoms with E-state index >= 15 is 0 Å². The Kier molecular flexibility index (Phi) is 6.71. The van der Waals surface area contributed by atoms with Gasteiger partial charge in [-0.05, 0) is 43.8 Å². The van der Waals surface area contributed by atoms with Gasteiger partial charge < -0.3 is 24.7 Å². The fourth-order valence-electron chi connectivity index (χ4n) is 3.20. The van der Waals surface area contributed by atoms with Crippen molar-refractivity contribution in [3.05, 3.63) is 47.2 Å². The lowest BCUT2D eigenvalue weighted by atomic mass is 10.2. The predicted molar refractivity (Wildman–Crippen MR) is 117 cm³/mol. The second kappa shape index (κ2) is 9.41.